The van der Waals surface area contributed by atoms with Crippen LogP contribution in [0.2, 0.25) is 0 Å². The summed E-state index contributed by atoms with van der Waals surface area (Å²) in [5, 5.41) is 12.8. The molecule has 2 rings (SSSR count). The zero-order valence-electron chi connectivity index (χ0n) is 11.1. The van der Waals surface area contributed by atoms with E-state index >= 15 is 0 Å². The van der Waals surface area contributed by atoms with Gasteiger partial charge in [0, 0.05) is 6.04 Å². The van der Waals surface area contributed by atoms with E-state index in [9.17, 15) is 9.90 Å². The molecule has 1 unspecified atom stereocenters. The number of carbonyl (C=O) groups is 1. The molecule has 18 heavy (non-hydrogen) atoms. The van der Waals surface area contributed by atoms with Crippen LogP contribution in [0.5, 0.6) is 0 Å². The minimum atomic E-state index is -0.718. The van der Waals surface area contributed by atoms with Crippen LogP contribution >= 0.6 is 0 Å². The van der Waals surface area contributed by atoms with Gasteiger partial charge in [-0.15, -0.1) is 0 Å². The third-order valence-electron chi connectivity index (χ3n) is 3.94. The highest BCUT2D eigenvalue weighted by Gasteiger charge is 2.41. The van der Waals surface area contributed by atoms with Gasteiger partial charge in [0.25, 0.3) is 0 Å². The third-order valence-corrected chi connectivity index (χ3v) is 3.94. The van der Waals surface area contributed by atoms with Crippen molar-refractivity contribution in [2.45, 2.75) is 51.1 Å². The van der Waals surface area contributed by atoms with Crippen molar-refractivity contribution in [1.29, 1.82) is 0 Å². The smallest absolute Gasteiger partial charge is 0.323 e. The maximum atomic E-state index is 11.5. The molecule has 1 atom stereocenters. The first-order valence-corrected chi connectivity index (χ1v) is 6.61. The molecule has 0 aromatic heterocycles. The van der Waals surface area contributed by atoms with E-state index in [0.29, 0.717) is 0 Å². The van der Waals surface area contributed by atoms with Gasteiger partial charge in [-0.3, -0.25) is 10.1 Å². The predicted molar refractivity (Wildman–Crippen MR) is 71.6 cm³/mol. The summed E-state index contributed by atoms with van der Waals surface area (Å²) in [4.78, 5) is 11.5. The molecule has 0 heterocycles. The Morgan fingerprint density at radius 3 is 2.33 bits per heavy atom. The van der Waals surface area contributed by atoms with Gasteiger partial charge in [0.05, 0.1) is 0 Å². The first kappa shape index (κ1) is 13.1. The Balaban J connectivity index is 2.12. The molecule has 0 bridgehead atoms. The van der Waals surface area contributed by atoms with Crippen molar-refractivity contribution < 1.29 is 9.90 Å². The number of hydrogen-bond acceptors (Lipinski definition) is 2. The van der Waals surface area contributed by atoms with Crippen molar-refractivity contribution in [3.63, 3.8) is 0 Å². The molecule has 1 saturated carbocycles. The first-order chi connectivity index (χ1) is 8.53. The van der Waals surface area contributed by atoms with Gasteiger partial charge in [-0.1, -0.05) is 42.7 Å². The minimum absolute atomic E-state index is 0.0693. The van der Waals surface area contributed by atoms with Gasteiger partial charge in [0.1, 0.15) is 5.54 Å². The normalized spacial score (nSPS) is 19.7. The van der Waals surface area contributed by atoms with Crippen molar-refractivity contribution in [2.24, 2.45) is 0 Å². The lowest BCUT2D eigenvalue weighted by Gasteiger charge is -2.29. The van der Waals surface area contributed by atoms with E-state index in [1.54, 1.807) is 0 Å². The lowest BCUT2D eigenvalue weighted by Crippen LogP contribution is -2.50. The highest BCUT2D eigenvalue weighted by atomic mass is 16.4. The van der Waals surface area contributed by atoms with E-state index < -0.39 is 11.5 Å². The fourth-order valence-corrected chi connectivity index (χ4v) is 2.75. The summed E-state index contributed by atoms with van der Waals surface area (Å²) in [5.41, 5.74) is 1.65. The van der Waals surface area contributed by atoms with Crippen LogP contribution in [-0.2, 0) is 4.79 Å². The number of carboxylic acid groups (broad SMARTS) is 1. The van der Waals surface area contributed by atoms with Gasteiger partial charge in [0.15, 0.2) is 0 Å². The van der Waals surface area contributed by atoms with Gasteiger partial charge in [-0.05, 0) is 32.3 Å². The van der Waals surface area contributed by atoms with Crippen LogP contribution in [0.4, 0.5) is 0 Å². The van der Waals surface area contributed by atoms with E-state index in [-0.39, 0.29) is 6.04 Å². The fraction of sp³-hybridized carbons (Fsp3) is 0.533. The molecule has 98 valence electrons. The number of rotatable bonds is 4. The largest absolute Gasteiger partial charge is 0.480 e. The molecular weight excluding hydrogens is 226 g/mol. The summed E-state index contributed by atoms with van der Waals surface area (Å²) in [6.45, 7) is 4.09. The highest BCUT2D eigenvalue weighted by Crippen LogP contribution is 2.32. The SMILES string of the molecule is Cc1ccc(C(C)NC2(C(=O)O)CCCC2)cc1. The number of nitrogens with one attached hydrogen (secondary N) is 1. The van der Waals surface area contributed by atoms with E-state index in [1.807, 2.05) is 6.92 Å². The molecule has 0 aliphatic heterocycles. The maximum Gasteiger partial charge on any atom is 0.323 e. The molecule has 1 aromatic rings. The molecule has 1 aromatic carbocycles. The van der Waals surface area contributed by atoms with Crippen molar-refractivity contribution >= 4 is 5.97 Å². The van der Waals surface area contributed by atoms with Gasteiger partial charge < -0.3 is 5.11 Å². The Bertz CT molecular complexity index is 419. The molecule has 0 spiro atoms. The molecule has 1 fully saturated rings. The molecule has 1 aliphatic carbocycles. The van der Waals surface area contributed by atoms with Gasteiger partial charge >= 0.3 is 5.97 Å². The monoisotopic (exact) mass is 247 g/mol. The average Bonchev–Trinajstić information content (AvgIpc) is 2.79. The Hall–Kier alpha value is -1.35. The number of aliphatic carboxylic acids is 1. The fourth-order valence-electron chi connectivity index (χ4n) is 2.75. The highest BCUT2D eigenvalue weighted by molar-refractivity contribution is 5.79. The summed E-state index contributed by atoms with van der Waals surface area (Å²) in [6, 6.07) is 8.33. The quantitative estimate of drug-likeness (QED) is 0.859. The Kier molecular flexibility index (Phi) is 3.71. The Labute approximate surface area is 108 Å². The second-order valence-electron chi connectivity index (χ2n) is 5.37. The van der Waals surface area contributed by atoms with Crippen molar-refractivity contribution in [3.05, 3.63) is 35.4 Å². The zero-order chi connectivity index (χ0) is 13.2. The summed E-state index contributed by atoms with van der Waals surface area (Å²) < 4.78 is 0. The molecule has 3 nitrogen and oxygen atoms in total. The van der Waals surface area contributed by atoms with E-state index in [1.165, 1.54) is 5.56 Å². The lowest BCUT2D eigenvalue weighted by atomic mass is 9.95. The molecular formula is C15H21NO2. The second-order valence-corrected chi connectivity index (χ2v) is 5.37. The number of hydrogen-bond donors (Lipinski definition) is 2. The zero-order valence-corrected chi connectivity index (χ0v) is 11.1. The van der Waals surface area contributed by atoms with E-state index in [0.717, 1.165) is 31.2 Å². The summed E-state index contributed by atoms with van der Waals surface area (Å²) in [7, 11) is 0. The van der Waals surface area contributed by atoms with Crippen molar-refractivity contribution in [1.82, 2.24) is 5.32 Å². The molecule has 0 saturated heterocycles. The maximum absolute atomic E-state index is 11.5. The van der Waals surface area contributed by atoms with Crippen LogP contribution in [0.25, 0.3) is 0 Å². The van der Waals surface area contributed by atoms with Crippen LogP contribution in [-0.4, -0.2) is 16.6 Å². The van der Waals surface area contributed by atoms with Crippen LogP contribution in [0.15, 0.2) is 24.3 Å². The number of carboxylic acids is 1. The molecule has 0 radical (unpaired) electrons. The molecule has 2 N–H and O–H groups in total. The summed E-state index contributed by atoms with van der Waals surface area (Å²) >= 11 is 0. The predicted octanol–water partition coefficient (Wildman–Crippen LogP) is 3.04. The standard InChI is InChI=1S/C15H21NO2/c1-11-5-7-13(8-6-11)12(2)16-15(14(17)18)9-3-4-10-15/h5-8,12,16H,3-4,9-10H2,1-2H3,(H,17,18). The van der Waals surface area contributed by atoms with Crippen LogP contribution in [0.1, 0.15) is 49.8 Å². The van der Waals surface area contributed by atoms with Crippen LogP contribution in [0, 0.1) is 6.92 Å². The Morgan fingerprint density at radius 1 is 1.28 bits per heavy atom. The van der Waals surface area contributed by atoms with Crippen molar-refractivity contribution in [2.75, 3.05) is 0 Å². The number of aryl methyl sites for hydroxylation is 1. The van der Waals surface area contributed by atoms with Crippen molar-refractivity contribution in [3.8, 4) is 0 Å². The average molecular weight is 247 g/mol. The number of benzene rings is 1. The molecule has 1 aliphatic rings. The van der Waals surface area contributed by atoms with Crippen LogP contribution in [0.3, 0.4) is 0 Å². The lowest BCUT2D eigenvalue weighted by molar-refractivity contribution is -0.145. The van der Waals surface area contributed by atoms with E-state index in [2.05, 4.69) is 36.5 Å². The van der Waals surface area contributed by atoms with E-state index in [4.69, 9.17) is 0 Å². The summed E-state index contributed by atoms with van der Waals surface area (Å²) in [5.74, 6) is -0.709. The summed E-state index contributed by atoms with van der Waals surface area (Å²) in [6.07, 6.45) is 3.47. The Morgan fingerprint density at radius 2 is 1.83 bits per heavy atom. The second kappa shape index (κ2) is 5.11. The van der Waals surface area contributed by atoms with Gasteiger partial charge in [-0.25, -0.2) is 0 Å². The van der Waals surface area contributed by atoms with Crippen LogP contribution < -0.4 is 5.32 Å². The third kappa shape index (κ3) is 2.56. The minimum Gasteiger partial charge on any atom is -0.480 e. The topological polar surface area (TPSA) is 49.3 Å². The first-order valence-electron chi connectivity index (χ1n) is 6.61. The van der Waals surface area contributed by atoms with Gasteiger partial charge in [0.2, 0.25) is 0 Å². The molecule has 0 amide bonds. The molecule has 3 heteroatoms. The van der Waals surface area contributed by atoms with Gasteiger partial charge in [-0.2, -0.15) is 0 Å².